The maximum absolute atomic E-state index is 12.3. The SMILES string of the molecule is COC(=O)O[C@@H]1CC2=CC=C3[C@@H]4CC[C@H]([C@H](C)C(O)CCC(C)C)[C@@]4(C)CC[C@@H]3[C@@]2(C)[C@@H](OC(=O)OC)C1. The Balaban J connectivity index is 1.61. The number of allylic oxidation sites excluding steroid dienone is 3. The van der Waals surface area contributed by atoms with Crippen LogP contribution in [0.2, 0.25) is 0 Å². The fourth-order valence-electron chi connectivity index (χ4n) is 8.55. The highest BCUT2D eigenvalue weighted by atomic mass is 16.7. The number of fused-ring (bicyclic) bond motifs is 5. The molecule has 7 nitrogen and oxygen atoms in total. The van der Waals surface area contributed by atoms with Gasteiger partial charge in [0.05, 0.1) is 20.3 Å². The van der Waals surface area contributed by atoms with Crippen LogP contribution >= 0.6 is 0 Å². The predicted octanol–water partition coefficient (Wildman–Crippen LogP) is 6.83. The van der Waals surface area contributed by atoms with E-state index in [2.05, 4.69) is 46.8 Å². The smallest absolute Gasteiger partial charge is 0.438 e. The summed E-state index contributed by atoms with van der Waals surface area (Å²) in [5.74, 6) is 2.05. The van der Waals surface area contributed by atoms with Crippen LogP contribution in [0, 0.1) is 40.4 Å². The summed E-state index contributed by atoms with van der Waals surface area (Å²) in [4.78, 5) is 24.2. The van der Waals surface area contributed by atoms with Crippen LogP contribution in [0.5, 0.6) is 0 Å². The highest BCUT2D eigenvalue weighted by Gasteiger charge is 2.60. The third kappa shape index (κ3) is 5.12. The van der Waals surface area contributed by atoms with E-state index in [1.807, 2.05) is 0 Å². The number of aliphatic hydroxyl groups is 1. The minimum Gasteiger partial charge on any atom is -0.438 e. The van der Waals surface area contributed by atoms with Gasteiger partial charge in [0.2, 0.25) is 0 Å². The number of carbonyl (C=O) groups excluding carboxylic acids is 2. The van der Waals surface area contributed by atoms with E-state index in [1.54, 1.807) is 0 Å². The van der Waals surface area contributed by atoms with Crippen LogP contribution in [0.25, 0.3) is 0 Å². The van der Waals surface area contributed by atoms with Crippen LogP contribution in [0.3, 0.4) is 0 Å². The molecule has 214 valence electrons. The van der Waals surface area contributed by atoms with Gasteiger partial charge >= 0.3 is 12.3 Å². The largest absolute Gasteiger partial charge is 0.508 e. The molecule has 1 N–H and O–H groups in total. The lowest BCUT2D eigenvalue weighted by Gasteiger charge is -2.57. The van der Waals surface area contributed by atoms with Gasteiger partial charge in [0.25, 0.3) is 0 Å². The number of hydrogen-bond acceptors (Lipinski definition) is 7. The zero-order chi connectivity index (χ0) is 27.8. The standard InChI is InChI=1S/C31H48O7/c1-18(2)8-13-26(32)19(3)23-11-12-24-22-10-9-20-16-21(37-28(33)35-6)17-27(38-29(34)36-7)31(20,5)25(22)14-15-30(23,24)4/h9-10,18-19,21,23-27,32H,8,11-17H2,1-7H3/t19-,21+,23+,24-,25-,26?,27-,30+,31-/m0/s1. The Labute approximate surface area is 228 Å². The number of rotatable bonds is 7. The molecule has 4 aliphatic carbocycles. The second-order valence-corrected chi connectivity index (χ2v) is 13.1. The topological polar surface area (TPSA) is 91.3 Å². The first-order chi connectivity index (χ1) is 17.9. The maximum Gasteiger partial charge on any atom is 0.508 e. The molecule has 0 radical (unpaired) electrons. The van der Waals surface area contributed by atoms with Crippen molar-refractivity contribution in [3.8, 4) is 0 Å². The fraction of sp³-hybridized carbons (Fsp3) is 0.806. The van der Waals surface area contributed by atoms with Crippen LogP contribution in [0.4, 0.5) is 9.59 Å². The summed E-state index contributed by atoms with van der Waals surface area (Å²) in [5.41, 5.74) is 2.36. The lowest BCUT2D eigenvalue weighted by Crippen LogP contribution is -2.54. The molecule has 0 aromatic heterocycles. The molecule has 9 atom stereocenters. The first-order valence-corrected chi connectivity index (χ1v) is 14.5. The molecule has 3 saturated carbocycles. The van der Waals surface area contributed by atoms with Gasteiger partial charge in [-0.2, -0.15) is 0 Å². The van der Waals surface area contributed by atoms with Gasteiger partial charge in [-0.1, -0.05) is 57.9 Å². The summed E-state index contributed by atoms with van der Waals surface area (Å²) in [6.07, 6.45) is 9.17. The average Bonchev–Trinajstić information content (AvgIpc) is 3.24. The number of ether oxygens (including phenoxy) is 4. The normalized spacial score (nSPS) is 37.6. The van der Waals surface area contributed by atoms with Crippen LogP contribution in [-0.4, -0.2) is 49.9 Å². The monoisotopic (exact) mass is 532 g/mol. The molecule has 38 heavy (non-hydrogen) atoms. The number of methoxy groups -OCH3 is 2. The summed E-state index contributed by atoms with van der Waals surface area (Å²) >= 11 is 0. The Hall–Kier alpha value is -2.02. The first kappa shape index (κ1) is 29.0. The van der Waals surface area contributed by atoms with Gasteiger partial charge in [0, 0.05) is 18.3 Å². The molecular weight excluding hydrogens is 484 g/mol. The molecular formula is C31H48O7. The van der Waals surface area contributed by atoms with Gasteiger partial charge in [-0.15, -0.1) is 0 Å². The van der Waals surface area contributed by atoms with E-state index in [-0.39, 0.29) is 23.4 Å². The molecule has 4 aliphatic rings. The van der Waals surface area contributed by atoms with E-state index in [0.29, 0.717) is 30.6 Å². The van der Waals surface area contributed by atoms with Crippen LogP contribution in [0.1, 0.15) is 86.0 Å². The van der Waals surface area contributed by atoms with Gasteiger partial charge in [-0.25, -0.2) is 9.59 Å². The minimum absolute atomic E-state index is 0.145. The van der Waals surface area contributed by atoms with Gasteiger partial charge in [0.1, 0.15) is 12.2 Å². The molecule has 0 aromatic carbocycles. The number of aliphatic hydroxyl groups excluding tert-OH is 1. The third-order valence-corrected chi connectivity index (χ3v) is 10.8. The zero-order valence-electron chi connectivity index (χ0n) is 24.3. The van der Waals surface area contributed by atoms with E-state index in [4.69, 9.17) is 18.9 Å². The molecule has 0 aromatic rings. The Morgan fingerprint density at radius 1 is 0.974 bits per heavy atom. The maximum atomic E-state index is 12.3. The number of carbonyl (C=O) groups is 2. The zero-order valence-corrected chi connectivity index (χ0v) is 24.3. The van der Waals surface area contributed by atoms with Crippen molar-refractivity contribution in [3.05, 3.63) is 23.3 Å². The Morgan fingerprint density at radius 2 is 1.66 bits per heavy atom. The quantitative estimate of drug-likeness (QED) is 0.359. The van der Waals surface area contributed by atoms with Crippen molar-refractivity contribution < 1.29 is 33.6 Å². The molecule has 0 heterocycles. The predicted molar refractivity (Wildman–Crippen MR) is 144 cm³/mol. The molecule has 7 heteroatoms. The van der Waals surface area contributed by atoms with Crippen LogP contribution < -0.4 is 0 Å². The summed E-state index contributed by atoms with van der Waals surface area (Å²) < 4.78 is 21.0. The summed E-state index contributed by atoms with van der Waals surface area (Å²) in [6, 6.07) is 0. The van der Waals surface area contributed by atoms with Crippen molar-refractivity contribution in [1.29, 1.82) is 0 Å². The fourth-order valence-corrected chi connectivity index (χ4v) is 8.55. The van der Waals surface area contributed by atoms with Crippen molar-refractivity contribution >= 4 is 12.3 Å². The van der Waals surface area contributed by atoms with Gasteiger partial charge in [-0.3, -0.25) is 0 Å². The van der Waals surface area contributed by atoms with E-state index >= 15 is 0 Å². The molecule has 0 amide bonds. The van der Waals surface area contributed by atoms with Crippen LogP contribution in [0.15, 0.2) is 23.3 Å². The second-order valence-electron chi connectivity index (χ2n) is 13.1. The van der Waals surface area contributed by atoms with Gasteiger partial charge < -0.3 is 24.1 Å². The lowest BCUT2D eigenvalue weighted by atomic mass is 9.49. The molecule has 4 rings (SSSR count). The number of hydrogen-bond donors (Lipinski definition) is 1. The lowest BCUT2D eigenvalue weighted by molar-refractivity contribution is -0.0842. The van der Waals surface area contributed by atoms with Crippen LogP contribution in [-0.2, 0) is 18.9 Å². The Kier molecular flexibility index (Phi) is 8.56. The van der Waals surface area contributed by atoms with Crippen molar-refractivity contribution in [2.24, 2.45) is 40.4 Å². The molecule has 0 spiro atoms. The molecule has 0 aliphatic heterocycles. The van der Waals surface area contributed by atoms with Crippen molar-refractivity contribution in [1.82, 2.24) is 0 Å². The van der Waals surface area contributed by atoms with E-state index in [0.717, 1.165) is 44.1 Å². The molecule has 3 fully saturated rings. The van der Waals surface area contributed by atoms with E-state index < -0.39 is 29.9 Å². The first-order valence-electron chi connectivity index (χ1n) is 14.5. The van der Waals surface area contributed by atoms with Crippen molar-refractivity contribution in [2.75, 3.05) is 14.2 Å². The second kappa shape index (κ2) is 11.2. The summed E-state index contributed by atoms with van der Waals surface area (Å²) in [7, 11) is 2.62. The summed E-state index contributed by atoms with van der Waals surface area (Å²) in [6.45, 7) is 11.4. The molecule has 1 unspecified atom stereocenters. The average molecular weight is 533 g/mol. The molecule has 0 saturated heterocycles. The van der Waals surface area contributed by atoms with Gasteiger partial charge in [-0.05, 0) is 73.5 Å². The van der Waals surface area contributed by atoms with Gasteiger partial charge in [0.15, 0.2) is 0 Å². The third-order valence-electron chi connectivity index (χ3n) is 10.8. The van der Waals surface area contributed by atoms with Crippen molar-refractivity contribution in [3.63, 3.8) is 0 Å². The minimum atomic E-state index is -0.724. The Morgan fingerprint density at radius 3 is 2.32 bits per heavy atom. The Bertz CT molecular complexity index is 954. The summed E-state index contributed by atoms with van der Waals surface area (Å²) in [5, 5.41) is 11.1. The van der Waals surface area contributed by atoms with E-state index in [9.17, 15) is 14.7 Å². The van der Waals surface area contributed by atoms with E-state index in [1.165, 1.54) is 19.8 Å². The van der Waals surface area contributed by atoms with Crippen molar-refractivity contribution in [2.45, 2.75) is 104 Å². The highest BCUT2D eigenvalue weighted by Crippen LogP contribution is 2.66. The highest BCUT2D eigenvalue weighted by molar-refractivity contribution is 5.61. The molecule has 0 bridgehead atoms.